The third kappa shape index (κ3) is 3.55. The number of rotatable bonds is 3. The number of amides is 1. The van der Waals surface area contributed by atoms with E-state index < -0.39 is 0 Å². The molecule has 31 heavy (non-hydrogen) atoms. The van der Waals surface area contributed by atoms with Crippen molar-refractivity contribution >= 4 is 17.1 Å². The number of ether oxygens (including phenoxy) is 2. The van der Waals surface area contributed by atoms with Gasteiger partial charge in [0.05, 0.1) is 12.6 Å². The molecule has 1 amide bonds. The maximum atomic E-state index is 12.6. The molecule has 2 atom stereocenters. The van der Waals surface area contributed by atoms with Gasteiger partial charge in [0, 0.05) is 29.5 Å². The van der Waals surface area contributed by atoms with Gasteiger partial charge in [-0.25, -0.2) is 4.79 Å². The SMILES string of the molecule is O=C(NC1CCOc2cc(-c3cc4ccccc4o3)ccc21)O[C@H]1CN2CCC1CC2. The fourth-order valence-corrected chi connectivity index (χ4v) is 5.17. The van der Waals surface area contributed by atoms with E-state index >= 15 is 0 Å². The van der Waals surface area contributed by atoms with E-state index in [-0.39, 0.29) is 18.2 Å². The monoisotopic (exact) mass is 418 g/mol. The number of alkyl carbamates (subject to hydrolysis) is 1. The molecule has 2 aromatic carbocycles. The lowest BCUT2D eigenvalue weighted by Crippen LogP contribution is -2.52. The predicted molar refractivity (Wildman–Crippen MR) is 117 cm³/mol. The average Bonchev–Trinajstić information content (AvgIpc) is 3.24. The van der Waals surface area contributed by atoms with Gasteiger partial charge >= 0.3 is 6.09 Å². The van der Waals surface area contributed by atoms with E-state index in [1.54, 1.807) is 0 Å². The second-order valence-electron chi connectivity index (χ2n) is 8.82. The van der Waals surface area contributed by atoms with Crippen molar-refractivity contribution in [2.45, 2.75) is 31.4 Å². The zero-order valence-electron chi connectivity index (χ0n) is 17.4. The summed E-state index contributed by atoms with van der Waals surface area (Å²) in [7, 11) is 0. The molecular weight excluding hydrogens is 392 g/mol. The predicted octanol–water partition coefficient (Wildman–Crippen LogP) is 4.74. The number of fused-ring (bicyclic) bond motifs is 5. The van der Waals surface area contributed by atoms with Gasteiger partial charge < -0.3 is 19.2 Å². The number of nitrogens with zero attached hydrogens (tertiary/aromatic N) is 1. The molecule has 0 radical (unpaired) electrons. The largest absolute Gasteiger partial charge is 0.493 e. The number of carbonyl (C=O) groups excluding carboxylic acids is 1. The molecule has 1 aromatic heterocycles. The minimum absolute atomic E-state index is 0.0114. The highest BCUT2D eigenvalue weighted by molar-refractivity contribution is 5.83. The molecule has 0 saturated carbocycles. The first-order chi connectivity index (χ1) is 15.2. The molecule has 4 aliphatic rings. The highest BCUT2D eigenvalue weighted by Crippen LogP contribution is 2.37. The minimum atomic E-state index is -0.321. The van der Waals surface area contributed by atoms with E-state index in [1.807, 2.05) is 48.5 Å². The van der Waals surface area contributed by atoms with Crippen molar-refractivity contribution in [2.24, 2.45) is 5.92 Å². The summed E-state index contributed by atoms with van der Waals surface area (Å²) in [5.74, 6) is 2.10. The zero-order valence-corrected chi connectivity index (χ0v) is 17.4. The van der Waals surface area contributed by atoms with Crippen LogP contribution in [0.3, 0.4) is 0 Å². The van der Waals surface area contributed by atoms with E-state index in [0.29, 0.717) is 12.5 Å². The van der Waals surface area contributed by atoms with Gasteiger partial charge in [0.1, 0.15) is 23.2 Å². The highest BCUT2D eigenvalue weighted by Gasteiger charge is 2.37. The van der Waals surface area contributed by atoms with Crippen LogP contribution in [0.15, 0.2) is 52.9 Å². The van der Waals surface area contributed by atoms with E-state index in [4.69, 9.17) is 13.9 Å². The van der Waals surface area contributed by atoms with E-state index in [1.165, 1.54) is 0 Å². The van der Waals surface area contributed by atoms with Gasteiger partial charge in [-0.3, -0.25) is 4.90 Å². The molecule has 3 aromatic rings. The molecule has 6 nitrogen and oxygen atoms in total. The second kappa shape index (κ2) is 7.61. The van der Waals surface area contributed by atoms with Gasteiger partial charge in [-0.1, -0.05) is 30.3 Å². The Morgan fingerprint density at radius 1 is 1.06 bits per heavy atom. The molecule has 4 aliphatic heterocycles. The van der Waals surface area contributed by atoms with Crippen LogP contribution in [0.25, 0.3) is 22.3 Å². The number of para-hydroxylation sites is 1. The Bertz CT molecular complexity index is 1080. The smallest absolute Gasteiger partial charge is 0.407 e. The first kappa shape index (κ1) is 18.8. The van der Waals surface area contributed by atoms with Crippen LogP contribution in [-0.2, 0) is 4.74 Å². The summed E-state index contributed by atoms with van der Waals surface area (Å²) in [4.78, 5) is 15.0. The first-order valence-corrected chi connectivity index (χ1v) is 11.2. The summed E-state index contributed by atoms with van der Waals surface area (Å²) in [5, 5.41) is 4.15. The molecular formula is C25H26N2O4. The van der Waals surface area contributed by atoms with Crippen LogP contribution >= 0.6 is 0 Å². The third-order valence-corrected chi connectivity index (χ3v) is 6.91. The summed E-state index contributed by atoms with van der Waals surface area (Å²) >= 11 is 0. The molecule has 1 unspecified atom stereocenters. The van der Waals surface area contributed by atoms with Crippen LogP contribution in [0.5, 0.6) is 5.75 Å². The van der Waals surface area contributed by atoms with Gasteiger partial charge in [0.2, 0.25) is 0 Å². The summed E-state index contributed by atoms with van der Waals surface area (Å²) in [5.41, 5.74) is 2.81. The topological polar surface area (TPSA) is 63.9 Å². The van der Waals surface area contributed by atoms with Crippen LogP contribution in [0.1, 0.15) is 30.9 Å². The Labute approximate surface area is 181 Å². The van der Waals surface area contributed by atoms with Crippen molar-refractivity contribution in [1.82, 2.24) is 10.2 Å². The number of nitrogens with one attached hydrogen (secondary N) is 1. The van der Waals surface area contributed by atoms with Gasteiger partial charge in [-0.05, 0) is 50.0 Å². The van der Waals surface area contributed by atoms with E-state index in [9.17, 15) is 4.79 Å². The van der Waals surface area contributed by atoms with Crippen molar-refractivity contribution in [3.05, 3.63) is 54.1 Å². The number of benzene rings is 2. The van der Waals surface area contributed by atoms with Gasteiger partial charge in [-0.2, -0.15) is 0 Å². The number of carbonyl (C=O) groups is 1. The molecule has 0 aliphatic carbocycles. The first-order valence-electron chi connectivity index (χ1n) is 11.2. The Morgan fingerprint density at radius 3 is 2.74 bits per heavy atom. The quantitative estimate of drug-likeness (QED) is 0.665. The lowest BCUT2D eigenvalue weighted by Gasteiger charge is -2.44. The Kier molecular flexibility index (Phi) is 4.60. The van der Waals surface area contributed by atoms with Crippen LogP contribution in [0.2, 0.25) is 0 Å². The molecule has 0 spiro atoms. The molecule has 5 heterocycles. The molecule has 7 rings (SSSR count). The van der Waals surface area contributed by atoms with Crippen molar-refractivity contribution in [2.75, 3.05) is 26.2 Å². The lowest BCUT2D eigenvalue weighted by atomic mass is 9.86. The van der Waals surface area contributed by atoms with E-state index in [0.717, 1.165) is 72.5 Å². The fraction of sp³-hybridized carbons (Fsp3) is 0.400. The third-order valence-electron chi connectivity index (χ3n) is 6.91. The highest BCUT2D eigenvalue weighted by atomic mass is 16.6. The van der Waals surface area contributed by atoms with Crippen molar-refractivity contribution < 1.29 is 18.7 Å². The van der Waals surface area contributed by atoms with Crippen molar-refractivity contribution in [3.8, 4) is 17.1 Å². The summed E-state index contributed by atoms with van der Waals surface area (Å²) < 4.78 is 17.7. The standard InChI is InChI=1S/C25H26N2O4/c28-25(31-24-15-27-10-7-16(24)8-11-27)26-20-9-12-29-23-14-18(5-6-19(20)23)22-13-17-3-1-2-4-21(17)30-22/h1-6,13-14,16,20,24H,7-12,15H2,(H,26,28)/t20?,24-/m0/s1. The van der Waals surface area contributed by atoms with Gasteiger partial charge in [0.25, 0.3) is 0 Å². The maximum absolute atomic E-state index is 12.6. The van der Waals surface area contributed by atoms with Crippen LogP contribution in [-0.4, -0.2) is 43.3 Å². The number of piperidine rings is 3. The van der Waals surface area contributed by atoms with Gasteiger partial charge in [0.15, 0.2) is 0 Å². The maximum Gasteiger partial charge on any atom is 0.407 e. The second-order valence-corrected chi connectivity index (χ2v) is 8.82. The summed E-state index contributed by atoms with van der Waals surface area (Å²) in [6, 6.07) is 16.0. The minimum Gasteiger partial charge on any atom is -0.493 e. The van der Waals surface area contributed by atoms with Crippen molar-refractivity contribution in [1.29, 1.82) is 0 Å². The zero-order chi connectivity index (χ0) is 20.8. The van der Waals surface area contributed by atoms with Crippen LogP contribution in [0.4, 0.5) is 4.79 Å². The van der Waals surface area contributed by atoms with Crippen LogP contribution < -0.4 is 10.1 Å². The molecule has 1 N–H and O–H groups in total. The average molecular weight is 418 g/mol. The summed E-state index contributed by atoms with van der Waals surface area (Å²) in [6.45, 7) is 3.69. The Balaban J connectivity index is 1.18. The molecule has 2 bridgehead atoms. The molecule has 160 valence electrons. The van der Waals surface area contributed by atoms with E-state index in [2.05, 4.69) is 10.2 Å². The van der Waals surface area contributed by atoms with Gasteiger partial charge in [-0.15, -0.1) is 0 Å². The summed E-state index contributed by atoms with van der Waals surface area (Å²) in [6.07, 6.45) is 2.67. The fourth-order valence-electron chi connectivity index (χ4n) is 5.17. The number of hydrogen-bond donors (Lipinski definition) is 1. The number of hydrogen-bond acceptors (Lipinski definition) is 5. The normalized spacial score (nSPS) is 26.8. The van der Waals surface area contributed by atoms with Crippen LogP contribution in [0, 0.1) is 5.92 Å². The Morgan fingerprint density at radius 2 is 1.94 bits per heavy atom. The molecule has 3 saturated heterocycles. The number of furan rings is 1. The molecule has 3 fully saturated rings. The Hall–Kier alpha value is -2.99. The van der Waals surface area contributed by atoms with Crippen molar-refractivity contribution in [3.63, 3.8) is 0 Å². The lowest BCUT2D eigenvalue weighted by molar-refractivity contribution is -0.0342. The molecule has 6 heteroatoms.